The summed E-state index contributed by atoms with van der Waals surface area (Å²) in [6.45, 7) is 8.22. The van der Waals surface area contributed by atoms with Crippen molar-refractivity contribution in [3.63, 3.8) is 0 Å². The van der Waals surface area contributed by atoms with Crippen molar-refractivity contribution in [2.45, 2.75) is 64.2 Å². The maximum atomic E-state index is 12.4. The smallest absolute Gasteiger partial charge is 0.260 e. The third-order valence-corrected chi connectivity index (χ3v) is 5.31. The van der Waals surface area contributed by atoms with Crippen molar-refractivity contribution in [3.8, 4) is 0 Å². The molecule has 2 rings (SSSR count). The summed E-state index contributed by atoms with van der Waals surface area (Å²) < 4.78 is 27.5. The van der Waals surface area contributed by atoms with Crippen molar-refractivity contribution < 1.29 is 8.42 Å². The van der Waals surface area contributed by atoms with E-state index in [4.69, 9.17) is 0 Å². The Bertz CT molecular complexity index is 561. The van der Waals surface area contributed by atoms with Gasteiger partial charge >= 0.3 is 0 Å². The number of hydrogen-bond donors (Lipinski definition) is 3. The van der Waals surface area contributed by atoms with E-state index in [9.17, 15) is 8.42 Å². The van der Waals surface area contributed by atoms with Crippen LogP contribution >= 0.6 is 0 Å². The van der Waals surface area contributed by atoms with Crippen LogP contribution in [-0.2, 0) is 16.6 Å². The molecule has 1 atom stereocenters. The summed E-state index contributed by atoms with van der Waals surface area (Å²) in [6, 6.07) is 0.406. The molecule has 0 radical (unpaired) electrons. The molecule has 0 spiro atoms. The second-order valence-corrected chi connectivity index (χ2v) is 7.57. The van der Waals surface area contributed by atoms with Crippen molar-refractivity contribution in [3.05, 3.63) is 11.3 Å². The number of nitrogens with one attached hydrogen (secondary N) is 3. The molecule has 20 heavy (non-hydrogen) atoms. The largest absolute Gasteiger partial charge is 0.310 e. The number of nitrogens with zero attached hydrogens (tertiary/aromatic N) is 1. The van der Waals surface area contributed by atoms with E-state index in [0.717, 1.165) is 11.3 Å². The van der Waals surface area contributed by atoms with E-state index in [0.29, 0.717) is 12.6 Å². The third-order valence-electron chi connectivity index (χ3n) is 3.78. The molecule has 1 aliphatic carbocycles. The lowest BCUT2D eigenvalue weighted by Crippen LogP contribution is -2.37. The van der Waals surface area contributed by atoms with E-state index in [1.165, 1.54) is 12.8 Å². The molecule has 1 saturated carbocycles. The van der Waals surface area contributed by atoms with E-state index in [2.05, 4.69) is 20.2 Å². The monoisotopic (exact) mass is 300 g/mol. The average Bonchev–Trinajstić information content (AvgIpc) is 3.09. The summed E-state index contributed by atoms with van der Waals surface area (Å²) >= 11 is 0. The number of H-pyrrole nitrogens is 1. The summed E-state index contributed by atoms with van der Waals surface area (Å²) in [5, 5.41) is 10.2. The average molecular weight is 300 g/mol. The zero-order valence-electron chi connectivity index (χ0n) is 12.5. The minimum Gasteiger partial charge on any atom is -0.310 e. The Labute approximate surface area is 120 Å². The zero-order valence-corrected chi connectivity index (χ0v) is 13.3. The number of aryl methyl sites for hydroxylation is 1. The van der Waals surface area contributed by atoms with Gasteiger partial charge in [-0.3, -0.25) is 5.10 Å². The molecule has 6 nitrogen and oxygen atoms in total. The van der Waals surface area contributed by atoms with Gasteiger partial charge in [0.15, 0.2) is 5.03 Å². The lowest BCUT2D eigenvalue weighted by atomic mass is 10.1. The highest BCUT2D eigenvalue weighted by Gasteiger charge is 2.28. The molecule has 1 aliphatic rings. The van der Waals surface area contributed by atoms with E-state index < -0.39 is 10.0 Å². The molecule has 0 saturated heterocycles. The molecule has 0 aromatic carbocycles. The van der Waals surface area contributed by atoms with Gasteiger partial charge in [0.05, 0.1) is 0 Å². The maximum absolute atomic E-state index is 12.4. The van der Waals surface area contributed by atoms with Crippen LogP contribution in [0.2, 0.25) is 0 Å². The van der Waals surface area contributed by atoms with Gasteiger partial charge in [-0.15, -0.1) is 0 Å². The van der Waals surface area contributed by atoms with Crippen LogP contribution in [0.5, 0.6) is 0 Å². The fraction of sp³-hybridized carbons (Fsp3) is 0.769. The number of hydrogen-bond acceptors (Lipinski definition) is 4. The zero-order chi connectivity index (χ0) is 14.9. The predicted molar refractivity (Wildman–Crippen MR) is 77.8 cm³/mol. The SMILES string of the molecule is Cc1[nH]nc(S(=O)(=O)NC(C)C(C)C)c1CNC1CC1. The van der Waals surface area contributed by atoms with Crippen LogP contribution in [0.4, 0.5) is 0 Å². The van der Waals surface area contributed by atoms with Crippen LogP contribution in [-0.4, -0.2) is 30.7 Å². The van der Waals surface area contributed by atoms with Gasteiger partial charge in [-0.25, -0.2) is 13.1 Å². The fourth-order valence-electron chi connectivity index (χ4n) is 1.83. The van der Waals surface area contributed by atoms with Crippen molar-refractivity contribution in [2.75, 3.05) is 0 Å². The molecule has 0 bridgehead atoms. The van der Waals surface area contributed by atoms with Crippen LogP contribution in [0.25, 0.3) is 0 Å². The van der Waals surface area contributed by atoms with Gasteiger partial charge in [0.1, 0.15) is 0 Å². The second kappa shape index (κ2) is 5.83. The first kappa shape index (κ1) is 15.5. The minimum atomic E-state index is -3.57. The van der Waals surface area contributed by atoms with Crippen LogP contribution in [0.3, 0.4) is 0 Å². The Kier molecular flexibility index (Phi) is 4.51. The first-order chi connectivity index (χ1) is 9.31. The molecule has 1 heterocycles. The first-order valence-corrected chi connectivity index (χ1v) is 8.59. The van der Waals surface area contributed by atoms with E-state index >= 15 is 0 Å². The van der Waals surface area contributed by atoms with Gasteiger partial charge in [0.25, 0.3) is 10.0 Å². The third kappa shape index (κ3) is 3.59. The maximum Gasteiger partial charge on any atom is 0.260 e. The highest BCUT2D eigenvalue weighted by molar-refractivity contribution is 7.89. The standard InChI is InChI=1S/C13H24N4O2S/c1-8(2)9(3)17-20(18,19)13-12(10(4)15-16-13)7-14-11-5-6-11/h8-9,11,14,17H,5-7H2,1-4H3,(H,15,16). The van der Waals surface area contributed by atoms with Gasteiger partial charge in [-0.1, -0.05) is 13.8 Å². The topological polar surface area (TPSA) is 86.9 Å². The second-order valence-electron chi connectivity index (χ2n) is 5.94. The molecule has 114 valence electrons. The predicted octanol–water partition coefficient (Wildman–Crippen LogP) is 1.29. The van der Waals surface area contributed by atoms with E-state index in [-0.39, 0.29) is 17.0 Å². The Morgan fingerprint density at radius 1 is 1.35 bits per heavy atom. The first-order valence-electron chi connectivity index (χ1n) is 7.11. The van der Waals surface area contributed by atoms with Gasteiger partial charge in [-0.2, -0.15) is 5.10 Å². The lowest BCUT2D eigenvalue weighted by molar-refractivity contribution is 0.474. The molecule has 3 N–H and O–H groups in total. The quantitative estimate of drug-likeness (QED) is 0.708. The van der Waals surface area contributed by atoms with Gasteiger partial charge in [-0.05, 0) is 32.6 Å². The molecule has 0 amide bonds. The molecule has 1 aromatic rings. The summed E-state index contributed by atoms with van der Waals surface area (Å²) in [4.78, 5) is 0. The van der Waals surface area contributed by atoms with Crippen molar-refractivity contribution in [1.82, 2.24) is 20.2 Å². The molecular weight excluding hydrogens is 276 g/mol. The van der Waals surface area contributed by atoms with Crippen molar-refractivity contribution >= 4 is 10.0 Å². The van der Waals surface area contributed by atoms with Crippen molar-refractivity contribution in [1.29, 1.82) is 0 Å². The molecule has 7 heteroatoms. The Morgan fingerprint density at radius 3 is 2.55 bits per heavy atom. The Balaban J connectivity index is 2.17. The van der Waals surface area contributed by atoms with Gasteiger partial charge in [0.2, 0.25) is 0 Å². The normalized spacial score (nSPS) is 17.6. The summed E-state index contributed by atoms with van der Waals surface area (Å²) in [6.07, 6.45) is 2.34. The summed E-state index contributed by atoms with van der Waals surface area (Å²) in [5.74, 6) is 0.234. The van der Waals surface area contributed by atoms with Crippen LogP contribution in [0, 0.1) is 12.8 Å². The molecule has 1 fully saturated rings. The van der Waals surface area contributed by atoms with Crippen molar-refractivity contribution in [2.24, 2.45) is 5.92 Å². The van der Waals surface area contributed by atoms with Crippen LogP contribution in [0.1, 0.15) is 44.9 Å². The van der Waals surface area contributed by atoms with E-state index in [1.54, 1.807) is 0 Å². The minimum absolute atomic E-state index is 0.121. The van der Waals surface area contributed by atoms with Gasteiger partial charge < -0.3 is 5.32 Å². The molecule has 1 unspecified atom stereocenters. The highest BCUT2D eigenvalue weighted by Crippen LogP contribution is 2.22. The summed E-state index contributed by atoms with van der Waals surface area (Å²) in [7, 11) is -3.57. The van der Waals surface area contributed by atoms with Crippen LogP contribution in [0.15, 0.2) is 5.03 Å². The summed E-state index contributed by atoms with van der Waals surface area (Å²) in [5.41, 5.74) is 1.54. The molecule has 0 aliphatic heterocycles. The number of aromatic amines is 1. The fourth-order valence-corrected chi connectivity index (χ4v) is 3.42. The van der Waals surface area contributed by atoms with Gasteiger partial charge in [0, 0.05) is 29.9 Å². The molecular formula is C13H24N4O2S. The number of aromatic nitrogens is 2. The number of rotatable bonds is 7. The van der Waals surface area contributed by atoms with Crippen LogP contribution < -0.4 is 10.0 Å². The van der Waals surface area contributed by atoms with E-state index in [1.807, 2.05) is 27.7 Å². The Hall–Kier alpha value is -0.920. The highest BCUT2D eigenvalue weighted by atomic mass is 32.2. The lowest BCUT2D eigenvalue weighted by Gasteiger charge is -2.17. The Morgan fingerprint density at radius 2 is 2.00 bits per heavy atom. The number of sulfonamides is 1. The molecule has 1 aromatic heterocycles.